The number of hydrogen-bond acceptors (Lipinski definition) is 7. The lowest BCUT2D eigenvalue weighted by molar-refractivity contribution is -0.137. The van der Waals surface area contributed by atoms with E-state index in [2.05, 4.69) is 20.5 Å². The van der Waals surface area contributed by atoms with Crippen molar-refractivity contribution in [3.8, 4) is 11.1 Å². The number of aromatic nitrogens is 3. The Labute approximate surface area is 186 Å². The number of anilines is 3. The molecule has 2 aromatic heterocycles. The molecule has 5 N–H and O–H groups in total. The standard InChI is InChI=1S/C21H20F3N7O2/c22-21(23,24)15-3-1-2-12(18(15)19(26)32)13-10-17(31-6-8-33-9-7-31)29-20(14(13)11-25)28-16-4-5-27-30-16/h1-5,10-11,25H,6-9H2,(H2,26,32)(H2,27,28,29,30). The number of pyridine rings is 1. The largest absolute Gasteiger partial charge is 0.417 e. The quantitative estimate of drug-likeness (QED) is 0.419. The summed E-state index contributed by atoms with van der Waals surface area (Å²) in [5, 5.41) is 17.6. The molecular weight excluding hydrogens is 439 g/mol. The Morgan fingerprint density at radius 2 is 2.00 bits per heavy atom. The number of H-pyrrole nitrogens is 1. The first-order chi connectivity index (χ1) is 15.8. The van der Waals surface area contributed by atoms with Crippen molar-refractivity contribution in [2.24, 2.45) is 5.73 Å². The molecule has 0 saturated carbocycles. The van der Waals surface area contributed by atoms with Crippen molar-refractivity contribution in [3.63, 3.8) is 0 Å². The van der Waals surface area contributed by atoms with E-state index < -0.39 is 23.2 Å². The number of hydrogen-bond donors (Lipinski definition) is 4. The minimum atomic E-state index is -4.79. The van der Waals surface area contributed by atoms with Crippen LogP contribution in [0.5, 0.6) is 0 Å². The molecule has 1 aliphatic rings. The zero-order chi connectivity index (χ0) is 23.6. The number of rotatable bonds is 6. The van der Waals surface area contributed by atoms with Gasteiger partial charge in [0.05, 0.1) is 30.5 Å². The number of benzene rings is 1. The van der Waals surface area contributed by atoms with E-state index in [1.807, 2.05) is 4.90 Å². The minimum absolute atomic E-state index is 0.0413. The summed E-state index contributed by atoms with van der Waals surface area (Å²) in [6.45, 7) is 1.96. The van der Waals surface area contributed by atoms with Crippen molar-refractivity contribution < 1.29 is 22.7 Å². The number of ether oxygens (including phenoxy) is 1. The van der Waals surface area contributed by atoms with Crippen molar-refractivity contribution in [1.29, 1.82) is 5.41 Å². The summed E-state index contributed by atoms with van der Waals surface area (Å²) in [6, 6.07) is 6.58. The van der Waals surface area contributed by atoms with E-state index in [0.29, 0.717) is 37.9 Å². The number of nitrogens with one attached hydrogen (secondary N) is 3. The van der Waals surface area contributed by atoms with Crippen molar-refractivity contribution in [2.45, 2.75) is 6.18 Å². The fourth-order valence-corrected chi connectivity index (χ4v) is 3.69. The highest BCUT2D eigenvalue weighted by molar-refractivity contribution is 6.05. The van der Waals surface area contributed by atoms with Gasteiger partial charge in [0.1, 0.15) is 17.5 Å². The first-order valence-electron chi connectivity index (χ1n) is 9.94. The summed E-state index contributed by atoms with van der Waals surface area (Å²) in [7, 11) is 0. The number of carbonyl (C=O) groups excluding carboxylic acids is 1. The fourth-order valence-electron chi connectivity index (χ4n) is 3.69. The van der Waals surface area contributed by atoms with Crippen molar-refractivity contribution in [2.75, 3.05) is 36.5 Å². The molecule has 0 unspecified atom stereocenters. The third-order valence-electron chi connectivity index (χ3n) is 5.18. The van der Waals surface area contributed by atoms with Gasteiger partial charge in [-0.1, -0.05) is 12.1 Å². The Kier molecular flexibility index (Phi) is 6.01. The molecule has 0 aliphatic carbocycles. The zero-order valence-electron chi connectivity index (χ0n) is 17.2. The van der Waals surface area contributed by atoms with E-state index in [4.69, 9.17) is 15.9 Å². The zero-order valence-corrected chi connectivity index (χ0v) is 17.2. The number of aromatic amines is 1. The monoisotopic (exact) mass is 459 g/mol. The summed E-state index contributed by atoms with van der Waals surface area (Å²) < 4.78 is 46.4. The predicted molar refractivity (Wildman–Crippen MR) is 116 cm³/mol. The summed E-state index contributed by atoms with van der Waals surface area (Å²) in [5.74, 6) is -0.0914. The first kappa shape index (κ1) is 22.3. The van der Waals surface area contributed by atoms with Crippen molar-refractivity contribution in [3.05, 3.63) is 53.2 Å². The molecule has 9 nitrogen and oxygen atoms in total. The van der Waals surface area contributed by atoms with Crippen LogP contribution in [0.1, 0.15) is 21.5 Å². The molecule has 0 atom stereocenters. The van der Waals surface area contributed by atoms with Gasteiger partial charge in [0.25, 0.3) is 0 Å². The molecule has 3 aromatic rings. The van der Waals surface area contributed by atoms with Gasteiger partial charge in [-0.15, -0.1) is 0 Å². The second kappa shape index (κ2) is 8.90. The molecule has 0 bridgehead atoms. The van der Waals surface area contributed by atoms with E-state index in [-0.39, 0.29) is 22.5 Å². The van der Waals surface area contributed by atoms with Crippen LogP contribution in [0.4, 0.5) is 30.6 Å². The van der Waals surface area contributed by atoms with Gasteiger partial charge in [-0.05, 0) is 23.3 Å². The third kappa shape index (κ3) is 4.51. The number of nitrogens with zero attached hydrogens (tertiary/aromatic N) is 3. The minimum Gasteiger partial charge on any atom is -0.378 e. The highest BCUT2D eigenvalue weighted by Crippen LogP contribution is 2.39. The SMILES string of the molecule is N=Cc1c(-c2cccc(C(F)(F)F)c2C(N)=O)cc(N2CCOCC2)nc1Nc1ccn[nH]1. The molecule has 3 heterocycles. The maximum Gasteiger partial charge on any atom is 0.417 e. The number of alkyl halides is 3. The van der Waals surface area contributed by atoms with E-state index in [1.165, 1.54) is 18.3 Å². The number of nitrogens with two attached hydrogens (primary N) is 1. The van der Waals surface area contributed by atoms with Gasteiger partial charge in [0, 0.05) is 30.9 Å². The molecule has 1 fully saturated rings. The lowest BCUT2D eigenvalue weighted by atomic mass is 9.92. The average molecular weight is 459 g/mol. The van der Waals surface area contributed by atoms with Crippen LogP contribution in [0.2, 0.25) is 0 Å². The van der Waals surface area contributed by atoms with Crippen LogP contribution in [0.3, 0.4) is 0 Å². The highest BCUT2D eigenvalue weighted by atomic mass is 19.4. The van der Waals surface area contributed by atoms with Crippen LogP contribution in [0.25, 0.3) is 11.1 Å². The van der Waals surface area contributed by atoms with Gasteiger partial charge < -0.3 is 26.1 Å². The fraction of sp³-hybridized carbons (Fsp3) is 0.238. The second-order valence-corrected chi connectivity index (χ2v) is 7.22. The average Bonchev–Trinajstić information content (AvgIpc) is 3.31. The Morgan fingerprint density at radius 1 is 1.24 bits per heavy atom. The molecule has 1 aromatic carbocycles. The van der Waals surface area contributed by atoms with Gasteiger partial charge in [-0.3, -0.25) is 9.89 Å². The van der Waals surface area contributed by atoms with Gasteiger partial charge in [0.15, 0.2) is 0 Å². The van der Waals surface area contributed by atoms with Crippen molar-refractivity contribution >= 4 is 29.6 Å². The number of carbonyl (C=O) groups is 1. The van der Waals surface area contributed by atoms with Gasteiger partial charge >= 0.3 is 6.18 Å². The van der Waals surface area contributed by atoms with Gasteiger partial charge in [0.2, 0.25) is 5.91 Å². The molecule has 4 rings (SSSR count). The van der Waals surface area contributed by atoms with Crippen LogP contribution < -0.4 is 16.0 Å². The molecule has 1 saturated heterocycles. The van der Waals surface area contributed by atoms with E-state index in [1.54, 1.807) is 12.1 Å². The first-order valence-corrected chi connectivity index (χ1v) is 9.94. The molecule has 1 aliphatic heterocycles. The maximum atomic E-state index is 13.7. The summed E-state index contributed by atoms with van der Waals surface area (Å²) in [6.07, 6.45) is -2.31. The Bertz CT molecular complexity index is 1170. The molecule has 0 radical (unpaired) electrons. The number of halogens is 3. The number of amides is 1. The van der Waals surface area contributed by atoms with Crippen LogP contribution in [0, 0.1) is 5.41 Å². The van der Waals surface area contributed by atoms with Crippen LogP contribution >= 0.6 is 0 Å². The van der Waals surface area contributed by atoms with E-state index >= 15 is 0 Å². The maximum absolute atomic E-state index is 13.7. The molecule has 33 heavy (non-hydrogen) atoms. The molecule has 1 amide bonds. The Morgan fingerprint density at radius 3 is 2.61 bits per heavy atom. The van der Waals surface area contributed by atoms with Crippen LogP contribution in [0.15, 0.2) is 36.5 Å². The van der Waals surface area contributed by atoms with E-state index in [0.717, 1.165) is 12.3 Å². The Balaban J connectivity index is 1.97. The lowest BCUT2D eigenvalue weighted by Crippen LogP contribution is -2.37. The number of morpholine rings is 1. The highest BCUT2D eigenvalue weighted by Gasteiger charge is 2.36. The van der Waals surface area contributed by atoms with Gasteiger partial charge in [-0.25, -0.2) is 4.98 Å². The topological polar surface area (TPSA) is 133 Å². The van der Waals surface area contributed by atoms with Crippen molar-refractivity contribution in [1.82, 2.24) is 15.2 Å². The Hall–Kier alpha value is -3.93. The second-order valence-electron chi connectivity index (χ2n) is 7.22. The van der Waals surface area contributed by atoms with E-state index in [9.17, 15) is 18.0 Å². The summed E-state index contributed by atoms with van der Waals surface area (Å²) in [4.78, 5) is 18.7. The van der Waals surface area contributed by atoms with Crippen LogP contribution in [-0.4, -0.2) is 53.6 Å². The molecule has 12 heteroatoms. The third-order valence-corrected chi connectivity index (χ3v) is 5.18. The normalized spacial score (nSPS) is 14.2. The van der Waals surface area contributed by atoms with Gasteiger partial charge in [-0.2, -0.15) is 18.3 Å². The molecular formula is C21H20F3N7O2. The number of primary amides is 1. The molecule has 172 valence electrons. The lowest BCUT2D eigenvalue weighted by Gasteiger charge is -2.29. The summed E-state index contributed by atoms with van der Waals surface area (Å²) in [5.41, 5.74) is 3.95. The smallest absolute Gasteiger partial charge is 0.378 e. The predicted octanol–water partition coefficient (Wildman–Crippen LogP) is 3.17. The summed E-state index contributed by atoms with van der Waals surface area (Å²) >= 11 is 0. The van der Waals surface area contributed by atoms with Crippen LogP contribution in [-0.2, 0) is 10.9 Å². The molecule has 0 spiro atoms.